The summed E-state index contributed by atoms with van der Waals surface area (Å²) in [5, 5.41) is 4.01. The van der Waals surface area contributed by atoms with E-state index in [9.17, 15) is 0 Å². The summed E-state index contributed by atoms with van der Waals surface area (Å²) in [6.45, 7) is 5.96. The number of hydrogen-bond donors (Lipinski definition) is 0. The molecule has 2 nitrogen and oxygen atoms in total. The smallest absolute Gasteiger partial charge is 0.171 e. The molecule has 0 radical (unpaired) electrons. The molecule has 0 aromatic carbocycles. The average Bonchev–Trinajstić information content (AvgIpc) is 2.55. The van der Waals surface area contributed by atoms with Gasteiger partial charge in [-0.3, -0.25) is 0 Å². The minimum Gasteiger partial charge on any atom is -0.488 e. The van der Waals surface area contributed by atoms with Gasteiger partial charge in [0.15, 0.2) is 11.5 Å². The molecule has 2 rings (SSSR count). The number of fused-ring (bicyclic) bond motifs is 1. The van der Waals surface area contributed by atoms with Crippen molar-refractivity contribution < 1.29 is 9.47 Å². The van der Waals surface area contributed by atoms with Crippen molar-refractivity contribution in [2.75, 3.05) is 13.2 Å². The van der Waals surface area contributed by atoms with Crippen molar-refractivity contribution in [3.05, 3.63) is 10.8 Å². The molecule has 0 unspecified atom stereocenters. The van der Waals surface area contributed by atoms with Crippen molar-refractivity contribution in [1.29, 1.82) is 0 Å². The van der Waals surface area contributed by atoms with Crippen LogP contribution in [0, 0.1) is 5.41 Å². The van der Waals surface area contributed by atoms with Crippen LogP contribution in [0.4, 0.5) is 0 Å². The Balaban J connectivity index is 2.09. The van der Waals surface area contributed by atoms with Gasteiger partial charge in [-0.1, -0.05) is 20.3 Å². The third-order valence-corrected chi connectivity index (χ3v) is 3.30. The first-order valence-corrected chi connectivity index (χ1v) is 5.99. The maximum absolute atomic E-state index is 5.74. The maximum Gasteiger partial charge on any atom is 0.171 e. The summed E-state index contributed by atoms with van der Waals surface area (Å²) in [5.41, 5.74) is 0.172. The molecule has 0 saturated heterocycles. The van der Waals surface area contributed by atoms with Gasteiger partial charge in [0, 0.05) is 16.2 Å². The molecule has 1 aliphatic rings. The minimum absolute atomic E-state index is 0.172. The molecule has 2 heterocycles. The van der Waals surface area contributed by atoms with E-state index in [1.165, 1.54) is 6.42 Å². The van der Waals surface area contributed by atoms with E-state index >= 15 is 0 Å². The van der Waals surface area contributed by atoms with Crippen LogP contribution >= 0.6 is 11.3 Å². The average molecular weight is 212 g/mol. The number of thiophene rings is 1. The Hall–Kier alpha value is -0.700. The van der Waals surface area contributed by atoms with Crippen LogP contribution in [0.3, 0.4) is 0 Å². The molecule has 78 valence electrons. The monoisotopic (exact) mass is 212 g/mol. The molecular formula is C11H16O2S. The van der Waals surface area contributed by atoms with E-state index < -0.39 is 0 Å². The van der Waals surface area contributed by atoms with Crippen molar-refractivity contribution in [2.24, 2.45) is 5.41 Å². The summed E-state index contributed by atoms with van der Waals surface area (Å²) in [4.78, 5) is 0. The fourth-order valence-electron chi connectivity index (χ4n) is 1.78. The van der Waals surface area contributed by atoms with Crippen LogP contribution in [0.15, 0.2) is 10.8 Å². The van der Waals surface area contributed by atoms with Crippen LogP contribution in [-0.2, 0) is 0 Å². The lowest BCUT2D eigenvalue weighted by Gasteiger charge is -2.25. The van der Waals surface area contributed by atoms with Crippen molar-refractivity contribution >= 4 is 11.3 Å². The van der Waals surface area contributed by atoms with Crippen molar-refractivity contribution in [2.45, 2.75) is 26.7 Å². The molecule has 1 aromatic rings. The van der Waals surface area contributed by atoms with Crippen LogP contribution in [0.25, 0.3) is 0 Å². The highest BCUT2D eigenvalue weighted by atomic mass is 32.1. The molecular weight excluding hydrogens is 196 g/mol. The van der Waals surface area contributed by atoms with Crippen LogP contribution in [0.1, 0.15) is 26.7 Å². The Morgan fingerprint density at radius 2 is 1.86 bits per heavy atom. The largest absolute Gasteiger partial charge is 0.488 e. The van der Waals surface area contributed by atoms with E-state index in [4.69, 9.17) is 9.47 Å². The normalized spacial score (nSPS) is 19.0. The Labute approximate surface area is 88.8 Å². The first-order valence-electron chi connectivity index (χ1n) is 5.05. The van der Waals surface area contributed by atoms with E-state index in [-0.39, 0.29) is 5.41 Å². The van der Waals surface area contributed by atoms with E-state index in [1.54, 1.807) is 11.3 Å². The third-order valence-electron chi connectivity index (χ3n) is 2.60. The zero-order chi connectivity index (χ0) is 10.0. The molecule has 0 aliphatic carbocycles. The molecule has 14 heavy (non-hydrogen) atoms. The fourth-order valence-corrected chi connectivity index (χ4v) is 2.46. The van der Waals surface area contributed by atoms with Gasteiger partial charge in [0.1, 0.15) is 0 Å². The molecule has 0 atom stereocenters. The molecule has 0 bridgehead atoms. The van der Waals surface area contributed by atoms with Gasteiger partial charge in [0.05, 0.1) is 13.2 Å². The molecule has 0 amide bonds. The van der Waals surface area contributed by atoms with Gasteiger partial charge >= 0.3 is 0 Å². The lowest BCUT2D eigenvalue weighted by molar-refractivity contribution is 0.111. The zero-order valence-corrected chi connectivity index (χ0v) is 9.52. The number of ether oxygens (including phenoxy) is 2. The molecule has 1 aromatic heterocycles. The highest BCUT2D eigenvalue weighted by Gasteiger charge is 2.29. The van der Waals surface area contributed by atoms with Crippen molar-refractivity contribution in [1.82, 2.24) is 0 Å². The van der Waals surface area contributed by atoms with E-state index in [2.05, 4.69) is 13.8 Å². The van der Waals surface area contributed by atoms with Gasteiger partial charge in [-0.2, -0.15) is 0 Å². The van der Waals surface area contributed by atoms with Gasteiger partial charge in [0.2, 0.25) is 0 Å². The standard InChI is InChI=1S/C11H16O2S/c1-3-4-11(2)7-12-9-5-14-6-10(9)13-8-11/h5-6H,3-4,7-8H2,1-2H3. The highest BCUT2D eigenvalue weighted by Crippen LogP contribution is 2.38. The minimum atomic E-state index is 0.172. The molecule has 0 spiro atoms. The van der Waals surface area contributed by atoms with Gasteiger partial charge in [-0.15, -0.1) is 11.3 Å². The van der Waals surface area contributed by atoms with Crippen molar-refractivity contribution in [3.8, 4) is 11.5 Å². The summed E-state index contributed by atoms with van der Waals surface area (Å²) in [7, 11) is 0. The summed E-state index contributed by atoms with van der Waals surface area (Å²) < 4.78 is 11.5. The summed E-state index contributed by atoms with van der Waals surface area (Å²) in [6.07, 6.45) is 2.33. The van der Waals surface area contributed by atoms with Gasteiger partial charge in [-0.25, -0.2) is 0 Å². The van der Waals surface area contributed by atoms with Crippen LogP contribution in [-0.4, -0.2) is 13.2 Å². The van der Waals surface area contributed by atoms with Gasteiger partial charge in [0.25, 0.3) is 0 Å². The van der Waals surface area contributed by atoms with Gasteiger partial charge < -0.3 is 9.47 Å². The second-order valence-corrected chi connectivity index (χ2v) is 4.98. The zero-order valence-electron chi connectivity index (χ0n) is 8.71. The summed E-state index contributed by atoms with van der Waals surface area (Å²) >= 11 is 1.63. The molecule has 0 fully saturated rings. The Kier molecular flexibility index (Phi) is 2.68. The van der Waals surface area contributed by atoms with Gasteiger partial charge in [-0.05, 0) is 6.42 Å². The van der Waals surface area contributed by atoms with Crippen molar-refractivity contribution in [3.63, 3.8) is 0 Å². The molecule has 3 heteroatoms. The highest BCUT2D eigenvalue weighted by molar-refractivity contribution is 7.08. The predicted molar refractivity (Wildman–Crippen MR) is 58.3 cm³/mol. The maximum atomic E-state index is 5.74. The fraction of sp³-hybridized carbons (Fsp3) is 0.636. The first kappa shape index (κ1) is 9.84. The van der Waals surface area contributed by atoms with E-state index in [0.29, 0.717) is 0 Å². The molecule has 0 N–H and O–H groups in total. The predicted octanol–water partition coefficient (Wildman–Crippen LogP) is 3.33. The van der Waals surface area contributed by atoms with Crippen LogP contribution in [0.5, 0.6) is 11.5 Å². The van der Waals surface area contributed by atoms with Crippen LogP contribution in [0.2, 0.25) is 0 Å². The second kappa shape index (κ2) is 3.81. The second-order valence-electron chi connectivity index (χ2n) is 4.24. The third kappa shape index (κ3) is 1.87. The molecule has 0 saturated carbocycles. The quantitative estimate of drug-likeness (QED) is 0.748. The Bertz CT molecular complexity index is 283. The lowest BCUT2D eigenvalue weighted by atomic mass is 9.88. The Morgan fingerprint density at radius 1 is 1.29 bits per heavy atom. The number of hydrogen-bond acceptors (Lipinski definition) is 3. The number of rotatable bonds is 2. The first-order chi connectivity index (χ1) is 6.73. The van der Waals surface area contributed by atoms with E-state index in [1.807, 2.05) is 10.8 Å². The lowest BCUT2D eigenvalue weighted by Crippen LogP contribution is -2.29. The van der Waals surface area contributed by atoms with E-state index in [0.717, 1.165) is 31.1 Å². The topological polar surface area (TPSA) is 18.5 Å². The summed E-state index contributed by atoms with van der Waals surface area (Å²) in [6, 6.07) is 0. The molecule has 1 aliphatic heterocycles. The van der Waals surface area contributed by atoms with Crippen LogP contribution < -0.4 is 9.47 Å². The SMILES string of the molecule is CCCC1(C)COc2cscc2OC1. The Morgan fingerprint density at radius 3 is 2.36 bits per heavy atom. The summed E-state index contributed by atoms with van der Waals surface area (Å²) in [5.74, 6) is 1.82.